The van der Waals surface area contributed by atoms with Crippen molar-refractivity contribution in [2.45, 2.75) is 77.4 Å². The number of nitrogens with one attached hydrogen (secondary N) is 2. The van der Waals surface area contributed by atoms with Crippen LogP contribution in [0.5, 0.6) is 0 Å². The number of hydrogen-bond acceptors (Lipinski definition) is 4. The Balaban J connectivity index is 2.53. The SMILES string of the molecule is CCOC(=O)C1(NC(=O)c2ccccc2)CC(C)(CC)NC(C)(CC)C1C. The Morgan fingerprint density at radius 2 is 1.78 bits per heavy atom. The Kier molecular flexibility index (Phi) is 6.35. The van der Waals surface area contributed by atoms with Gasteiger partial charge in [-0.25, -0.2) is 4.79 Å². The van der Waals surface area contributed by atoms with Gasteiger partial charge in [0.1, 0.15) is 5.54 Å². The van der Waals surface area contributed by atoms with Crippen LogP contribution in [-0.2, 0) is 9.53 Å². The molecule has 1 aromatic rings. The third kappa shape index (κ3) is 4.03. The quantitative estimate of drug-likeness (QED) is 0.745. The van der Waals surface area contributed by atoms with Gasteiger partial charge in [-0.05, 0) is 52.2 Å². The highest BCUT2D eigenvalue weighted by Gasteiger charge is 2.60. The molecular formula is C22H34N2O3. The molecule has 1 heterocycles. The Labute approximate surface area is 163 Å². The smallest absolute Gasteiger partial charge is 0.332 e. The molecule has 0 radical (unpaired) electrons. The van der Waals surface area contributed by atoms with Crippen LogP contribution in [0.4, 0.5) is 0 Å². The first-order chi connectivity index (χ1) is 12.7. The summed E-state index contributed by atoms with van der Waals surface area (Å²) in [6, 6.07) is 9.04. The highest BCUT2D eigenvalue weighted by molar-refractivity contribution is 5.98. The van der Waals surface area contributed by atoms with E-state index in [0.717, 1.165) is 12.8 Å². The summed E-state index contributed by atoms with van der Waals surface area (Å²) in [5.41, 5.74) is -1.12. The van der Waals surface area contributed by atoms with Gasteiger partial charge in [0.05, 0.1) is 6.61 Å². The van der Waals surface area contributed by atoms with E-state index in [9.17, 15) is 9.59 Å². The lowest BCUT2D eigenvalue weighted by Crippen LogP contribution is -2.76. The van der Waals surface area contributed by atoms with Crippen molar-refractivity contribution in [2.24, 2.45) is 5.92 Å². The fraction of sp³-hybridized carbons (Fsp3) is 0.636. The van der Waals surface area contributed by atoms with Gasteiger partial charge in [-0.3, -0.25) is 4.79 Å². The van der Waals surface area contributed by atoms with E-state index in [1.165, 1.54) is 0 Å². The largest absolute Gasteiger partial charge is 0.464 e. The number of amides is 1. The Bertz CT molecular complexity index is 677. The summed E-state index contributed by atoms with van der Waals surface area (Å²) < 4.78 is 5.49. The van der Waals surface area contributed by atoms with E-state index in [-0.39, 0.29) is 35.5 Å². The van der Waals surface area contributed by atoms with E-state index < -0.39 is 5.54 Å². The highest BCUT2D eigenvalue weighted by atomic mass is 16.5. The van der Waals surface area contributed by atoms with Crippen LogP contribution in [0, 0.1) is 5.92 Å². The number of benzene rings is 1. The number of hydrogen-bond donors (Lipinski definition) is 2. The Morgan fingerprint density at radius 3 is 2.30 bits per heavy atom. The number of carbonyl (C=O) groups excluding carboxylic acids is 2. The Morgan fingerprint density at radius 1 is 1.15 bits per heavy atom. The number of rotatable bonds is 6. The first-order valence-electron chi connectivity index (χ1n) is 10.0. The summed E-state index contributed by atoms with van der Waals surface area (Å²) in [5.74, 6) is -0.724. The van der Waals surface area contributed by atoms with E-state index in [2.05, 4.69) is 38.3 Å². The van der Waals surface area contributed by atoms with Crippen LogP contribution in [0.25, 0.3) is 0 Å². The van der Waals surface area contributed by atoms with Crippen molar-refractivity contribution in [3.63, 3.8) is 0 Å². The summed E-state index contributed by atoms with van der Waals surface area (Å²) in [6.07, 6.45) is 2.18. The summed E-state index contributed by atoms with van der Waals surface area (Å²) in [4.78, 5) is 26.3. The average molecular weight is 375 g/mol. The second-order valence-electron chi connectivity index (χ2n) is 8.22. The van der Waals surface area contributed by atoms with Crippen LogP contribution in [-0.4, -0.2) is 35.1 Å². The van der Waals surface area contributed by atoms with Crippen molar-refractivity contribution < 1.29 is 14.3 Å². The minimum Gasteiger partial charge on any atom is -0.464 e. The molecule has 5 nitrogen and oxygen atoms in total. The maximum absolute atomic E-state index is 13.2. The third-order valence-electron chi connectivity index (χ3n) is 6.48. The molecule has 0 saturated carbocycles. The third-order valence-corrected chi connectivity index (χ3v) is 6.48. The topological polar surface area (TPSA) is 67.4 Å². The standard InChI is InChI=1S/C22H34N2O3/c1-7-20(5)15-22(19(26)27-9-3,16(4)21(6,8-2)24-20)23-18(25)17-13-11-10-12-14-17/h10-14,16,24H,7-9,15H2,1-6H3,(H,23,25). The van der Waals surface area contributed by atoms with Crippen molar-refractivity contribution in [3.05, 3.63) is 35.9 Å². The van der Waals surface area contributed by atoms with Gasteiger partial charge in [0.25, 0.3) is 5.91 Å². The monoisotopic (exact) mass is 374 g/mol. The van der Waals surface area contributed by atoms with Crippen molar-refractivity contribution in [1.29, 1.82) is 0 Å². The predicted molar refractivity (Wildman–Crippen MR) is 108 cm³/mol. The van der Waals surface area contributed by atoms with Crippen LogP contribution >= 0.6 is 0 Å². The van der Waals surface area contributed by atoms with Crippen molar-refractivity contribution in [1.82, 2.24) is 10.6 Å². The van der Waals surface area contributed by atoms with E-state index >= 15 is 0 Å². The molecule has 1 aliphatic heterocycles. The van der Waals surface area contributed by atoms with Gasteiger partial charge in [0.2, 0.25) is 0 Å². The molecule has 0 aromatic heterocycles. The average Bonchev–Trinajstić information content (AvgIpc) is 2.66. The van der Waals surface area contributed by atoms with Gasteiger partial charge in [0.15, 0.2) is 0 Å². The van der Waals surface area contributed by atoms with Crippen molar-refractivity contribution >= 4 is 11.9 Å². The molecular weight excluding hydrogens is 340 g/mol. The molecule has 1 aromatic carbocycles. The van der Waals surface area contributed by atoms with Crippen molar-refractivity contribution in [3.8, 4) is 0 Å². The second-order valence-corrected chi connectivity index (χ2v) is 8.22. The van der Waals surface area contributed by atoms with E-state index in [0.29, 0.717) is 12.0 Å². The second kappa shape index (κ2) is 8.01. The molecule has 0 aliphatic carbocycles. The van der Waals surface area contributed by atoms with Crippen molar-refractivity contribution in [2.75, 3.05) is 6.61 Å². The minimum atomic E-state index is -1.08. The molecule has 1 aliphatic rings. The maximum Gasteiger partial charge on any atom is 0.332 e. The number of piperidine rings is 1. The van der Waals surface area contributed by atoms with Gasteiger partial charge in [-0.2, -0.15) is 0 Å². The predicted octanol–water partition coefficient (Wildman–Crippen LogP) is 3.69. The zero-order valence-corrected chi connectivity index (χ0v) is 17.5. The number of carbonyl (C=O) groups is 2. The number of esters is 1. The minimum absolute atomic E-state index is 0.138. The molecule has 2 rings (SSSR count). The van der Waals surface area contributed by atoms with Gasteiger partial charge >= 0.3 is 5.97 Å². The Hall–Kier alpha value is -1.88. The van der Waals surface area contributed by atoms with Gasteiger partial charge in [-0.15, -0.1) is 0 Å². The van der Waals surface area contributed by atoms with Crippen LogP contribution in [0.1, 0.15) is 71.2 Å². The van der Waals surface area contributed by atoms with Crippen LogP contribution in [0.3, 0.4) is 0 Å². The molecule has 4 unspecified atom stereocenters. The first kappa shape index (κ1) is 21.4. The van der Waals surface area contributed by atoms with Crippen LogP contribution in [0.15, 0.2) is 30.3 Å². The molecule has 1 saturated heterocycles. The fourth-order valence-corrected chi connectivity index (χ4v) is 4.34. The highest BCUT2D eigenvalue weighted by Crippen LogP contribution is 2.44. The summed E-state index contributed by atoms with van der Waals surface area (Å²) in [5, 5.41) is 6.87. The lowest BCUT2D eigenvalue weighted by Gasteiger charge is -2.58. The summed E-state index contributed by atoms with van der Waals surface area (Å²) >= 11 is 0. The van der Waals surface area contributed by atoms with Gasteiger partial charge in [0, 0.05) is 22.6 Å². The molecule has 150 valence electrons. The summed E-state index contributed by atoms with van der Waals surface area (Å²) in [7, 11) is 0. The van der Waals surface area contributed by atoms with E-state index in [1.807, 2.05) is 25.1 Å². The number of ether oxygens (including phenoxy) is 1. The fourth-order valence-electron chi connectivity index (χ4n) is 4.34. The first-order valence-corrected chi connectivity index (χ1v) is 10.0. The molecule has 0 bridgehead atoms. The molecule has 1 amide bonds. The van der Waals surface area contributed by atoms with E-state index in [4.69, 9.17) is 4.74 Å². The molecule has 0 spiro atoms. The zero-order valence-electron chi connectivity index (χ0n) is 17.5. The molecule has 5 heteroatoms. The van der Waals surface area contributed by atoms with Gasteiger partial charge < -0.3 is 15.4 Å². The zero-order chi connectivity index (χ0) is 20.3. The van der Waals surface area contributed by atoms with Crippen LogP contribution < -0.4 is 10.6 Å². The lowest BCUT2D eigenvalue weighted by molar-refractivity contribution is -0.160. The summed E-state index contributed by atoms with van der Waals surface area (Å²) in [6.45, 7) is 12.6. The molecule has 4 atom stereocenters. The molecule has 2 N–H and O–H groups in total. The lowest BCUT2D eigenvalue weighted by atomic mass is 9.61. The van der Waals surface area contributed by atoms with Gasteiger partial charge in [-0.1, -0.05) is 39.0 Å². The molecule has 1 fully saturated rings. The maximum atomic E-state index is 13.2. The van der Waals surface area contributed by atoms with E-state index in [1.54, 1.807) is 19.1 Å². The van der Waals surface area contributed by atoms with Crippen LogP contribution in [0.2, 0.25) is 0 Å². The molecule has 27 heavy (non-hydrogen) atoms. The normalized spacial score (nSPS) is 33.3.